The van der Waals surface area contributed by atoms with E-state index >= 15 is 0 Å². The lowest BCUT2D eigenvalue weighted by Crippen LogP contribution is -2.14. The monoisotopic (exact) mass is 424 g/mol. The van der Waals surface area contributed by atoms with Crippen molar-refractivity contribution in [1.29, 1.82) is 0 Å². The fourth-order valence-corrected chi connectivity index (χ4v) is 4.04. The van der Waals surface area contributed by atoms with Crippen LogP contribution in [-0.4, -0.2) is 30.7 Å². The van der Waals surface area contributed by atoms with Crippen LogP contribution >= 0.6 is 31.9 Å². The number of benzene rings is 1. The maximum atomic E-state index is 12.3. The van der Waals surface area contributed by atoms with Crippen molar-refractivity contribution in [2.24, 2.45) is 0 Å². The van der Waals surface area contributed by atoms with Crippen LogP contribution in [-0.2, 0) is 10.0 Å². The molecular weight excluding hydrogens is 416 g/mol. The normalized spacial score (nSPS) is 11.4. The maximum absolute atomic E-state index is 12.3. The summed E-state index contributed by atoms with van der Waals surface area (Å²) in [4.78, 5) is 3.89. The number of aromatic amines is 1. The predicted molar refractivity (Wildman–Crippen MR) is 80.3 cm³/mol. The van der Waals surface area contributed by atoms with Gasteiger partial charge in [0.05, 0.1) is 7.11 Å². The van der Waals surface area contributed by atoms with Crippen LogP contribution in [0.3, 0.4) is 0 Å². The zero-order chi connectivity index (χ0) is 14.9. The minimum Gasteiger partial charge on any atom is -0.466 e. The minimum absolute atomic E-state index is 0.0227. The molecular formula is C10H10Br2N4O3S. The van der Waals surface area contributed by atoms with Crippen molar-refractivity contribution in [3.05, 3.63) is 26.6 Å². The van der Waals surface area contributed by atoms with Crippen molar-refractivity contribution in [3.8, 4) is 6.01 Å². The highest BCUT2D eigenvalue weighted by atomic mass is 79.9. The molecule has 0 amide bonds. The van der Waals surface area contributed by atoms with Gasteiger partial charge in [-0.2, -0.15) is 4.98 Å². The standard InChI is InChI=1S/C10H10Br2N4O3S/c1-5-3-7(12)8(4-6(5)11)20(17,18)16-9-13-10(19-2)15-14-9/h3-4H,1-2H3,(H2,13,14,15,16). The van der Waals surface area contributed by atoms with E-state index in [1.54, 1.807) is 6.07 Å². The number of anilines is 1. The molecule has 20 heavy (non-hydrogen) atoms. The molecule has 2 aromatic rings. The van der Waals surface area contributed by atoms with Gasteiger partial charge >= 0.3 is 6.01 Å². The van der Waals surface area contributed by atoms with E-state index in [9.17, 15) is 8.42 Å². The SMILES string of the molecule is COc1n[nH]c(NS(=O)(=O)c2cc(Br)c(C)cc2Br)n1. The third-order valence-corrected chi connectivity index (χ3v) is 5.53. The van der Waals surface area contributed by atoms with Gasteiger partial charge in [-0.25, -0.2) is 18.2 Å². The molecule has 1 aromatic carbocycles. The van der Waals surface area contributed by atoms with Crippen molar-refractivity contribution >= 4 is 47.8 Å². The van der Waals surface area contributed by atoms with E-state index < -0.39 is 10.0 Å². The second-order valence-corrected chi connectivity index (χ2v) is 7.17. The van der Waals surface area contributed by atoms with Gasteiger partial charge in [-0.15, -0.1) is 5.10 Å². The number of aromatic nitrogens is 3. The van der Waals surface area contributed by atoms with Gasteiger partial charge in [0, 0.05) is 8.95 Å². The largest absolute Gasteiger partial charge is 0.466 e. The van der Waals surface area contributed by atoms with Gasteiger partial charge in [0.25, 0.3) is 10.0 Å². The Hall–Kier alpha value is -1.13. The van der Waals surface area contributed by atoms with E-state index in [0.29, 0.717) is 8.95 Å². The Morgan fingerprint density at radius 2 is 2.00 bits per heavy atom. The summed E-state index contributed by atoms with van der Waals surface area (Å²) in [5.41, 5.74) is 0.914. The first-order chi connectivity index (χ1) is 9.33. The number of methoxy groups -OCH3 is 1. The Morgan fingerprint density at radius 3 is 2.60 bits per heavy atom. The molecule has 0 saturated heterocycles. The van der Waals surface area contributed by atoms with Crippen molar-refractivity contribution in [1.82, 2.24) is 15.2 Å². The van der Waals surface area contributed by atoms with Gasteiger partial charge in [0.15, 0.2) is 0 Å². The number of ether oxygens (including phenoxy) is 1. The van der Waals surface area contributed by atoms with E-state index in [1.165, 1.54) is 13.2 Å². The lowest BCUT2D eigenvalue weighted by molar-refractivity contribution is 0.382. The topological polar surface area (TPSA) is 97.0 Å². The Bertz CT molecular complexity index is 745. The highest BCUT2D eigenvalue weighted by molar-refractivity contribution is 9.11. The Morgan fingerprint density at radius 1 is 1.30 bits per heavy atom. The van der Waals surface area contributed by atoms with Crippen LogP contribution < -0.4 is 9.46 Å². The molecule has 0 aliphatic heterocycles. The summed E-state index contributed by atoms with van der Waals surface area (Å²) in [7, 11) is -2.41. The van der Waals surface area contributed by atoms with Crippen LogP contribution in [0.15, 0.2) is 26.0 Å². The second kappa shape index (κ2) is 5.70. The Balaban J connectivity index is 2.37. The molecule has 2 rings (SSSR count). The summed E-state index contributed by atoms with van der Waals surface area (Å²) >= 11 is 6.54. The molecule has 108 valence electrons. The van der Waals surface area contributed by atoms with Gasteiger partial charge in [-0.05, 0) is 40.5 Å². The second-order valence-electron chi connectivity index (χ2n) is 3.81. The summed E-state index contributed by atoms with van der Waals surface area (Å²) in [6.45, 7) is 1.86. The summed E-state index contributed by atoms with van der Waals surface area (Å²) in [5.74, 6) is -0.0227. The number of halogens is 2. The molecule has 0 spiro atoms. The lowest BCUT2D eigenvalue weighted by Gasteiger charge is -2.09. The number of nitrogens with one attached hydrogen (secondary N) is 2. The highest BCUT2D eigenvalue weighted by Gasteiger charge is 2.21. The average Bonchev–Trinajstić information content (AvgIpc) is 2.80. The fourth-order valence-electron chi connectivity index (χ4n) is 1.40. The van der Waals surface area contributed by atoms with Gasteiger partial charge < -0.3 is 4.74 Å². The highest BCUT2D eigenvalue weighted by Crippen LogP contribution is 2.29. The van der Waals surface area contributed by atoms with E-state index in [-0.39, 0.29) is 16.9 Å². The van der Waals surface area contributed by atoms with E-state index in [0.717, 1.165) is 5.56 Å². The quantitative estimate of drug-likeness (QED) is 0.783. The molecule has 0 radical (unpaired) electrons. The van der Waals surface area contributed by atoms with E-state index in [2.05, 4.69) is 51.8 Å². The van der Waals surface area contributed by atoms with Crippen LogP contribution in [0.1, 0.15) is 5.56 Å². The number of hydrogen-bond acceptors (Lipinski definition) is 5. The molecule has 7 nitrogen and oxygen atoms in total. The number of rotatable bonds is 4. The molecule has 10 heteroatoms. The van der Waals surface area contributed by atoms with Crippen LogP contribution in [0.2, 0.25) is 0 Å². The molecule has 2 N–H and O–H groups in total. The van der Waals surface area contributed by atoms with Crippen LogP contribution in [0.5, 0.6) is 6.01 Å². The smallest absolute Gasteiger partial charge is 0.336 e. The Labute approximate surface area is 132 Å². The third-order valence-electron chi connectivity index (χ3n) is 2.38. The first kappa shape index (κ1) is 15.3. The average molecular weight is 426 g/mol. The van der Waals surface area contributed by atoms with Crippen molar-refractivity contribution in [2.75, 3.05) is 11.8 Å². The van der Waals surface area contributed by atoms with Crippen molar-refractivity contribution in [3.63, 3.8) is 0 Å². The van der Waals surface area contributed by atoms with Crippen LogP contribution in [0.4, 0.5) is 5.95 Å². The molecule has 1 aromatic heterocycles. The molecule has 0 bridgehead atoms. The van der Waals surface area contributed by atoms with Gasteiger partial charge in [-0.3, -0.25) is 0 Å². The number of H-pyrrole nitrogens is 1. The van der Waals surface area contributed by atoms with Gasteiger partial charge in [0.1, 0.15) is 4.90 Å². The lowest BCUT2D eigenvalue weighted by atomic mass is 10.2. The Kier molecular flexibility index (Phi) is 4.35. The zero-order valence-corrected chi connectivity index (χ0v) is 14.4. The number of sulfonamides is 1. The number of hydrogen-bond donors (Lipinski definition) is 2. The van der Waals surface area contributed by atoms with Crippen molar-refractivity contribution < 1.29 is 13.2 Å². The molecule has 0 aliphatic rings. The molecule has 0 unspecified atom stereocenters. The zero-order valence-electron chi connectivity index (χ0n) is 10.4. The van der Waals surface area contributed by atoms with Gasteiger partial charge in [0.2, 0.25) is 5.95 Å². The maximum Gasteiger partial charge on any atom is 0.336 e. The fraction of sp³-hybridized carbons (Fsp3) is 0.200. The summed E-state index contributed by atoms with van der Waals surface area (Å²) in [5, 5.41) is 6.08. The molecule has 1 heterocycles. The molecule has 0 saturated carbocycles. The number of aryl methyl sites for hydroxylation is 1. The number of nitrogens with zero attached hydrogens (tertiary/aromatic N) is 2. The molecule has 0 aliphatic carbocycles. The third kappa shape index (κ3) is 3.13. The summed E-state index contributed by atoms with van der Waals surface area (Å²) in [6, 6.07) is 3.27. The van der Waals surface area contributed by atoms with Crippen LogP contribution in [0.25, 0.3) is 0 Å². The van der Waals surface area contributed by atoms with Crippen LogP contribution in [0, 0.1) is 6.92 Å². The molecule has 0 fully saturated rings. The predicted octanol–water partition coefficient (Wildman–Crippen LogP) is 2.45. The first-order valence-corrected chi connectivity index (χ1v) is 8.35. The van der Waals surface area contributed by atoms with E-state index in [1.807, 2.05) is 6.92 Å². The van der Waals surface area contributed by atoms with E-state index in [4.69, 9.17) is 4.74 Å². The summed E-state index contributed by atoms with van der Waals surface area (Å²) < 4.78 is 32.8. The van der Waals surface area contributed by atoms with Crippen molar-refractivity contribution in [2.45, 2.75) is 11.8 Å². The summed E-state index contributed by atoms with van der Waals surface area (Å²) in [6.07, 6.45) is 0. The first-order valence-electron chi connectivity index (χ1n) is 5.28. The van der Waals surface area contributed by atoms with Gasteiger partial charge in [-0.1, -0.05) is 15.9 Å². The minimum atomic E-state index is -3.79. The molecule has 0 atom stereocenters.